The number of pyridine rings is 1. The topological polar surface area (TPSA) is 55.1 Å². The van der Waals surface area contributed by atoms with Gasteiger partial charge in [-0.3, -0.25) is 9.78 Å². The molecule has 2 atom stereocenters. The van der Waals surface area contributed by atoms with E-state index in [9.17, 15) is 4.79 Å². The zero-order valence-corrected chi connectivity index (χ0v) is 13.5. The van der Waals surface area contributed by atoms with Gasteiger partial charge in [0.25, 0.3) is 0 Å². The molecule has 1 aliphatic heterocycles. The van der Waals surface area contributed by atoms with Gasteiger partial charge in [0.1, 0.15) is 5.76 Å². The Balaban J connectivity index is 1.62. The minimum Gasteiger partial charge on any atom is -0.467 e. The molecule has 0 radical (unpaired) electrons. The fourth-order valence-corrected chi connectivity index (χ4v) is 3.79. The van der Waals surface area contributed by atoms with E-state index in [1.54, 1.807) is 6.26 Å². The molecule has 0 bridgehead atoms. The summed E-state index contributed by atoms with van der Waals surface area (Å²) in [6.07, 6.45) is 3.99. The summed E-state index contributed by atoms with van der Waals surface area (Å²) in [5, 5.41) is 6.44. The summed E-state index contributed by atoms with van der Waals surface area (Å²) >= 11 is 0. The molecule has 2 aromatic heterocycles. The Morgan fingerprint density at radius 2 is 1.92 bits per heavy atom. The Hall–Kier alpha value is -3.14. The van der Waals surface area contributed by atoms with E-state index in [0.29, 0.717) is 6.42 Å². The van der Waals surface area contributed by atoms with Crippen molar-refractivity contribution in [1.29, 1.82) is 0 Å². The Bertz CT molecular complexity index is 1090. The average molecular weight is 328 g/mol. The highest BCUT2D eigenvalue weighted by atomic mass is 16.3. The number of fused-ring (bicyclic) bond motifs is 3. The maximum Gasteiger partial charge on any atom is 0.221 e. The second-order valence-electron chi connectivity index (χ2n) is 6.50. The van der Waals surface area contributed by atoms with E-state index in [4.69, 9.17) is 9.40 Å². The predicted molar refractivity (Wildman–Crippen MR) is 96.2 cm³/mol. The van der Waals surface area contributed by atoms with Crippen molar-refractivity contribution in [2.45, 2.75) is 18.4 Å². The minimum absolute atomic E-state index is 0.0296. The van der Waals surface area contributed by atoms with E-state index in [1.165, 1.54) is 5.39 Å². The molecule has 122 valence electrons. The van der Waals surface area contributed by atoms with Gasteiger partial charge in [0.2, 0.25) is 5.91 Å². The van der Waals surface area contributed by atoms with Crippen LogP contribution in [0, 0.1) is 0 Å². The molecule has 5 rings (SSSR count). The molecule has 1 saturated heterocycles. The monoisotopic (exact) mass is 328 g/mol. The number of nitrogens with zero attached hydrogens (tertiary/aromatic N) is 1. The van der Waals surface area contributed by atoms with Crippen LogP contribution < -0.4 is 5.32 Å². The van der Waals surface area contributed by atoms with Crippen molar-refractivity contribution < 1.29 is 9.21 Å². The highest BCUT2D eigenvalue weighted by molar-refractivity contribution is 6.05. The van der Waals surface area contributed by atoms with Crippen molar-refractivity contribution in [2.75, 3.05) is 0 Å². The Morgan fingerprint density at radius 3 is 2.80 bits per heavy atom. The van der Waals surface area contributed by atoms with Gasteiger partial charge in [0.05, 0.1) is 17.8 Å². The third kappa shape index (κ3) is 2.30. The summed E-state index contributed by atoms with van der Waals surface area (Å²) in [6, 6.07) is 18.2. The van der Waals surface area contributed by atoms with Gasteiger partial charge in [0.15, 0.2) is 0 Å². The van der Waals surface area contributed by atoms with Gasteiger partial charge in [-0.2, -0.15) is 0 Å². The van der Waals surface area contributed by atoms with Crippen LogP contribution in [0.5, 0.6) is 0 Å². The number of aromatic nitrogens is 1. The third-order valence-electron chi connectivity index (χ3n) is 5.00. The molecular formula is C21H16N2O2. The average Bonchev–Trinajstić information content (AvgIpc) is 3.30. The van der Waals surface area contributed by atoms with Crippen molar-refractivity contribution >= 4 is 27.6 Å². The third-order valence-corrected chi connectivity index (χ3v) is 5.00. The van der Waals surface area contributed by atoms with Gasteiger partial charge in [-0.05, 0) is 29.1 Å². The molecule has 3 heterocycles. The molecule has 2 aromatic carbocycles. The molecule has 4 nitrogen and oxygen atoms in total. The van der Waals surface area contributed by atoms with Crippen molar-refractivity contribution in [3.63, 3.8) is 0 Å². The van der Waals surface area contributed by atoms with Crippen LogP contribution in [-0.4, -0.2) is 10.9 Å². The maximum atomic E-state index is 12.0. The normalized spacial score (nSPS) is 20.2. The van der Waals surface area contributed by atoms with Crippen molar-refractivity contribution in [1.82, 2.24) is 10.3 Å². The maximum absolute atomic E-state index is 12.0. The Kier molecular flexibility index (Phi) is 3.10. The SMILES string of the molecule is O=C1C[C@@H](c2cnc3c(ccc4ccccc43)c2)[C@@H](c2ccco2)N1. The first-order chi connectivity index (χ1) is 12.3. The van der Waals surface area contributed by atoms with E-state index in [1.807, 2.05) is 30.5 Å². The van der Waals surface area contributed by atoms with E-state index in [-0.39, 0.29) is 17.9 Å². The summed E-state index contributed by atoms with van der Waals surface area (Å²) < 4.78 is 5.53. The van der Waals surface area contributed by atoms with Gasteiger partial charge in [0, 0.05) is 29.3 Å². The van der Waals surface area contributed by atoms with Crippen LogP contribution in [0.2, 0.25) is 0 Å². The van der Waals surface area contributed by atoms with Crippen LogP contribution in [0.4, 0.5) is 0 Å². The smallest absolute Gasteiger partial charge is 0.221 e. The second kappa shape index (κ2) is 5.45. The first-order valence-corrected chi connectivity index (χ1v) is 8.40. The molecule has 1 aliphatic rings. The van der Waals surface area contributed by atoms with Crippen LogP contribution in [-0.2, 0) is 4.79 Å². The summed E-state index contributed by atoms with van der Waals surface area (Å²) in [4.78, 5) is 16.7. The minimum atomic E-state index is -0.137. The van der Waals surface area contributed by atoms with E-state index in [0.717, 1.165) is 27.6 Å². The van der Waals surface area contributed by atoms with Crippen molar-refractivity contribution in [3.05, 3.63) is 78.4 Å². The van der Waals surface area contributed by atoms with Crippen LogP contribution in [0.15, 0.2) is 71.5 Å². The number of furan rings is 1. The van der Waals surface area contributed by atoms with Crippen LogP contribution in [0.1, 0.15) is 29.7 Å². The Morgan fingerprint density at radius 1 is 1.04 bits per heavy atom. The summed E-state index contributed by atoms with van der Waals surface area (Å²) in [5.74, 6) is 0.862. The molecule has 0 spiro atoms. The molecule has 0 aliphatic carbocycles. The fourth-order valence-electron chi connectivity index (χ4n) is 3.79. The van der Waals surface area contributed by atoms with E-state index < -0.39 is 0 Å². The van der Waals surface area contributed by atoms with Gasteiger partial charge < -0.3 is 9.73 Å². The molecule has 4 aromatic rings. The lowest BCUT2D eigenvalue weighted by Crippen LogP contribution is -2.19. The largest absolute Gasteiger partial charge is 0.467 e. The van der Waals surface area contributed by atoms with Gasteiger partial charge in [-0.15, -0.1) is 0 Å². The number of rotatable bonds is 2. The van der Waals surface area contributed by atoms with Crippen LogP contribution in [0.3, 0.4) is 0 Å². The standard InChI is InChI=1S/C21H16N2O2/c24-19-11-17(21(23-19)18-6-3-9-25-18)15-10-14-8-7-13-4-1-2-5-16(13)20(14)22-12-15/h1-10,12,17,21H,11H2,(H,23,24)/t17-,21-/m0/s1. The number of hydrogen-bond acceptors (Lipinski definition) is 3. The molecule has 0 saturated carbocycles. The number of carbonyl (C=O) groups is 1. The first-order valence-electron chi connectivity index (χ1n) is 8.40. The van der Waals surface area contributed by atoms with Crippen LogP contribution >= 0.6 is 0 Å². The number of carbonyl (C=O) groups excluding carboxylic acids is 1. The predicted octanol–water partition coefficient (Wildman–Crippen LogP) is 4.33. The molecule has 4 heteroatoms. The van der Waals surface area contributed by atoms with Crippen LogP contribution in [0.25, 0.3) is 21.7 Å². The van der Waals surface area contributed by atoms with Gasteiger partial charge in [-0.25, -0.2) is 0 Å². The highest BCUT2D eigenvalue weighted by Gasteiger charge is 2.36. The quantitative estimate of drug-likeness (QED) is 0.557. The van der Waals surface area contributed by atoms with Crippen molar-refractivity contribution in [2.24, 2.45) is 0 Å². The zero-order valence-electron chi connectivity index (χ0n) is 13.5. The molecular weight excluding hydrogens is 312 g/mol. The lowest BCUT2D eigenvalue weighted by molar-refractivity contribution is -0.119. The van der Waals surface area contributed by atoms with E-state index >= 15 is 0 Å². The summed E-state index contributed by atoms with van der Waals surface area (Å²) in [5.41, 5.74) is 2.05. The zero-order chi connectivity index (χ0) is 16.8. The summed E-state index contributed by atoms with van der Waals surface area (Å²) in [6.45, 7) is 0. The number of benzene rings is 2. The van der Waals surface area contributed by atoms with Crippen molar-refractivity contribution in [3.8, 4) is 0 Å². The molecule has 25 heavy (non-hydrogen) atoms. The molecule has 1 fully saturated rings. The molecule has 1 N–H and O–H groups in total. The lowest BCUT2D eigenvalue weighted by Gasteiger charge is -2.17. The molecule has 1 amide bonds. The van der Waals surface area contributed by atoms with Gasteiger partial charge >= 0.3 is 0 Å². The van der Waals surface area contributed by atoms with Gasteiger partial charge in [-0.1, -0.05) is 36.4 Å². The lowest BCUT2D eigenvalue weighted by atomic mass is 9.90. The number of amides is 1. The van der Waals surface area contributed by atoms with E-state index in [2.05, 4.69) is 35.6 Å². The molecule has 0 unspecified atom stereocenters. The number of nitrogens with one attached hydrogen (secondary N) is 1. The summed E-state index contributed by atoms with van der Waals surface area (Å²) in [7, 11) is 0. The highest BCUT2D eigenvalue weighted by Crippen LogP contribution is 2.39. The Labute approximate surface area is 144 Å². The number of hydrogen-bond donors (Lipinski definition) is 1. The fraction of sp³-hybridized carbons (Fsp3) is 0.143. The second-order valence-corrected chi connectivity index (χ2v) is 6.50. The first kappa shape index (κ1) is 14.2.